The van der Waals surface area contributed by atoms with Crippen molar-refractivity contribution in [1.29, 1.82) is 0 Å². The molecule has 314 valence electrons. The highest BCUT2D eigenvalue weighted by Crippen LogP contribution is 2.54. The lowest BCUT2D eigenvalue weighted by Gasteiger charge is -2.24. The molecule has 1 aromatic heterocycles. The molecule has 0 bridgehead atoms. The maximum atomic E-state index is 6.73. The van der Waals surface area contributed by atoms with Gasteiger partial charge in [0.1, 0.15) is 11.5 Å². The van der Waals surface area contributed by atoms with Crippen molar-refractivity contribution in [3.63, 3.8) is 0 Å². The molecule has 1 aliphatic rings. The Hall–Kier alpha value is -7.94. The monoisotopic (exact) mass is 860 g/mol. The number of ether oxygens (including phenoxy) is 1. The highest BCUT2D eigenvalue weighted by Gasteiger charge is 2.26. The molecule has 0 amide bonds. The van der Waals surface area contributed by atoms with Crippen LogP contribution in [0.2, 0.25) is 0 Å². The Morgan fingerprint density at radius 2 is 1.03 bits per heavy atom. The molecular weight excluding hydrogens is 817 g/mol. The summed E-state index contributed by atoms with van der Waals surface area (Å²) >= 11 is 1.72. The van der Waals surface area contributed by atoms with E-state index in [1.54, 1.807) is 11.8 Å². The number of anilines is 1. The van der Waals surface area contributed by atoms with Crippen LogP contribution in [0.3, 0.4) is 0 Å². The van der Waals surface area contributed by atoms with Gasteiger partial charge >= 0.3 is 0 Å². The van der Waals surface area contributed by atoms with Gasteiger partial charge in [-0.3, -0.25) is 0 Å². The minimum absolute atomic E-state index is 0.166. The van der Waals surface area contributed by atoms with E-state index in [4.69, 9.17) is 35.4 Å². The largest absolute Gasteiger partial charge is 0.455 e. The van der Waals surface area contributed by atoms with E-state index in [0.717, 1.165) is 83.5 Å². The molecule has 10 rings (SSSR count). The summed E-state index contributed by atoms with van der Waals surface area (Å²) in [5, 5.41) is 0. The molecule has 1 unspecified atom stereocenters. The number of nitrogens with two attached hydrogens (primary N) is 1. The van der Waals surface area contributed by atoms with Crippen molar-refractivity contribution in [2.45, 2.75) is 30.1 Å². The second-order valence-electron chi connectivity index (χ2n) is 15.8. The van der Waals surface area contributed by atoms with Crippen LogP contribution < -0.4 is 10.5 Å². The van der Waals surface area contributed by atoms with Crippen LogP contribution >= 0.6 is 11.8 Å². The van der Waals surface area contributed by atoms with Gasteiger partial charge in [0.15, 0.2) is 23.3 Å². The molecule has 2 heterocycles. The van der Waals surface area contributed by atoms with Crippen molar-refractivity contribution in [3.8, 4) is 67.9 Å². The van der Waals surface area contributed by atoms with Crippen molar-refractivity contribution in [2.75, 3.05) is 5.73 Å². The summed E-state index contributed by atoms with van der Waals surface area (Å²) in [5.74, 6) is 3.98. The van der Waals surface area contributed by atoms with Gasteiger partial charge in [-0.25, -0.2) is 24.9 Å². The van der Waals surface area contributed by atoms with E-state index in [1.165, 1.54) is 0 Å². The van der Waals surface area contributed by atoms with Crippen LogP contribution in [0.5, 0.6) is 11.5 Å². The molecule has 2 N–H and O–H groups in total. The molecule has 0 aliphatic carbocycles. The van der Waals surface area contributed by atoms with Crippen LogP contribution in [-0.2, 0) is 0 Å². The van der Waals surface area contributed by atoms with E-state index in [2.05, 4.69) is 111 Å². The fourth-order valence-corrected chi connectivity index (χ4v) is 9.09. The number of aliphatic imine (C=N–C) groups is 2. The van der Waals surface area contributed by atoms with Gasteiger partial charge in [-0.2, -0.15) is 0 Å². The first-order valence-electron chi connectivity index (χ1n) is 21.8. The number of hydrogen-bond acceptors (Lipinski definition) is 7. The molecule has 0 spiro atoms. The van der Waals surface area contributed by atoms with E-state index in [0.29, 0.717) is 34.7 Å². The smallest absolute Gasteiger partial charge is 0.164 e. The molecule has 8 heteroatoms. The summed E-state index contributed by atoms with van der Waals surface area (Å²) in [5.41, 5.74) is 17.0. The average Bonchev–Trinajstić information content (AvgIpc) is 3.37. The summed E-state index contributed by atoms with van der Waals surface area (Å²) in [6, 6.07) is 67.4. The molecule has 0 fully saturated rings. The zero-order valence-corrected chi connectivity index (χ0v) is 36.8. The van der Waals surface area contributed by atoms with Gasteiger partial charge in [-0.15, -0.1) is 0 Å². The molecule has 1 aliphatic heterocycles. The zero-order valence-electron chi connectivity index (χ0n) is 36.0. The van der Waals surface area contributed by atoms with Crippen molar-refractivity contribution < 1.29 is 4.74 Å². The van der Waals surface area contributed by atoms with Crippen LogP contribution in [0.1, 0.15) is 31.4 Å². The minimum atomic E-state index is 0.166. The molecule has 65 heavy (non-hydrogen) atoms. The van der Waals surface area contributed by atoms with Crippen LogP contribution in [0.4, 0.5) is 11.4 Å². The summed E-state index contributed by atoms with van der Waals surface area (Å²) < 4.78 is 6.73. The maximum Gasteiger partial charge on any atom is 0.164 e. The second-order valence-corrected chi connectivity index (χ2v) is 16.9. The fourth-order valence-electron chi connectivity index (χ4n) is 7.89. The molecular formula is C57H44N6OS. The molecule has 7 nitrogen and oxygen atoms in total. The zero-order chi connectivity index (χ0) is 44.1. The Balaban J connectivity index is 1.20. The number of fused-ring (bicyclic) bond motifs is 2. The number of hydrogen-bond donors (Lipinski definition) is 1. The molecule has 8 aromatic carbocycles. The second kappa shape index (κ2) is 18.4. The van der Waals surface area contributed by atoms with Crippen LogP contribution in [0, 0.1) is 5.92 Å². The SMILES string of the molecule is CCC(C)/C(=N\C(=N/c1cc(-c2nc(-c3ccccc3)nc(-c3ccc(N)cc3)n2)ccc1-c1cccc2c1Sc1c(cccc1-c1ccccc1)O2)c1ccccc1)c1ccccc1. The quantitative estimate of drug-likeness (QED) is 0.0835. The first-order valence-corrected chi connectivity index (χ1v) is 22.6. The topological polar surface area (TPSA) is 98.6 Å². The lowest BCUT2D eigenvalue weighted by molar-refractivity contribution is 0.455. The highest BCUT2D eigenvalue weighted by molar-refractivity contribution is 8.00. The van der Waals surface area contributed by atoms with Gasteiger partial charge in [0.25, 0.3) is 0 Å². The van der Waals surface area contributed by atoms with Gasteiger partial charge in [0.05, 0.1) is 21.2 Å². The number of rotatable bonds is 10. The lowest BCUT2D eigenvalue weighted by Crippen LogP contribution is -2.15. The van der Waals surface area contributed by atoms with E-state index in [9.17, 15) is 0 Å². The van der Waals surface area contributed by atoms with E-state index in [1.807, 2.05) is 103 Å². The number of benzene rings is 8. The van der Waals surface area contributed by atoms with Gasteiger partial charge in [0, 0.05) is 39.1 Å². The normalized spacial score (nSPS) is 12.8. The Kier molecular flexibility index (Phi) is 11.6. The maximum absolute atomic E-state index is 6.73. The summed E-state index contributed by atoms with van der Waals surface area (Å²) in [7, 11) is 0. The van der Waals surface area contributed by atoms with Crippen LogP contribution in [0.25, 0.3) is 56.4 Å². The molecule has 0 saturated heterocycles. The first-order chi connectivity index (χ1) is 32.0. The molecule has 9 aromatic rings. The van der Waals surface area contributed by atoms with Crippen molar-refractivity contribution in [1.82, 2.24) is 15.0 Å². The summed E-state index contributed by atoms with van der Waals surface area (Å²) in [6.45, 7) is 4.42. The third kappa shape index (κ3) is 8.72. The first kappa shape index (κ1) is 41.1. The Labute approximate surface area is 383 Å². The third-order valence-electron chi connectivity index (χ3n) is 11.5. The molecule has 1 atom stereocenters. The van der Waals surface area contributed by atoms with E-state index < -0.39 is 0 Å². The van der Waals surface area contributed by atoms with Gasteiger partial charge in [-0.05, 0) is 71.5 Å². The molecule has 0 saturated carbocycles. The lowest BCUT2D eigenvalue weighted by atomic mass is 9.96. The van der Waals surface area contributed by atoms with E-state index >= 15 is 0 Å². The Morgan fingerprint density at radius 3 is 1.65 bits per heavy atom. The van der Waals surface area contributed by atoms with Crippen molar-refractivity contribution in [2.24, 2.45) is 15.9 Å². The van der Waals surface area contributed by atoms with Gasteiger partial charge in [-0.1, -0.05) is 183 Å². The fraction of sp³-hybridized carbons (Fsp3) is 0.0702. The number of amidine groups is 1. The molecule has 0 radical (unpaired) electrons. The summed E-state index contributed by atoms with van der Waals surface area (Å²) in [4.78, 5) is 28.3. The summed E-state index contributed by atoms with van der Waals surface area (Å²) in [6.07, 6.45) is 0.913. The van der Waals surface area contributed by atoms with E-state index in [-0.39, 0.29) is 5.92 Å². The van der Waals surface area contributed by atoms with Crippen LogP contribution in [0.15, 0.2) is 220 Å². The number of nitrogen functional groups attached to an aromatic ring is 1. The highest BCUT2D eigenvalue weighted by atomic mass is 32.2. The van der Waals surface area contributed by atoms with Crippen LogP contribution in [-0.4, -0.2) is 26.5 Å². The minimum Gasteiger partial charge on any atom is -0.455 e. The standard InChI is InChI=1S/C57H44N6OS/c1-3-37(2)51(39-20-10-5-11-21-39)60-54(40-22-12-6-13-23-40)59-48-36-43(57-62-55(41-24-14-7-15-25-41)61-56(63-57)42-30-33-44(58)34-31-42)32-35-46(48)47-27-17-29-50-53(47)65-52-45(26-16-28-49(52)64-50)38-18-8-4-9-19-38/h4-37H,3,58H2,1-2H3/b59-54-,60-51+. The predicted molar refractivity (Wildman–Crippen MR) is 267 cm³/mol. The average molecular weight is 861 g/mol. The number of aromatic nitrogens is 3. The van der Waals surface area contributed by atoms with Gasteiger partial charge in [0.2, 0.25) is 0 Å². The van der Waals surface area contributed by atoms with Crippen molar-refractivity contribution in [3.05, 3.63) is 211 Å². The predicted octanol–water partition coefficient (Wildman–Crippen LogP) is 14.7. The van der Waals surface area contributed by atoms with Crippen molar-refractivity contribution >= 4 is 34.7 Å². The Bertz CT molecular complexity index is 3190. The Morgan fingerprint density at radius 1 is 0.523 bits per heavy atom. The third-order valence-corrected chi connectivity index (χ3v) is 12.7. The number of nitrogens with zero attached hydrogens (tertiary/aromatic N) is 5. The van der Waals surface area contributed by atoms with Gasteiger partial charge < -0.3 is 10.5 Å².